The van der Waals surface area contributed by atoms with E-state index in [1.54, 1.807) is 36.4 Å². The summed E-state index contributed by atoms with van der Waals surface area (Å²) in [5.41, 5.74) is 1.53. The maximum atomic E-state index is 11.7. The zero-order valence-electron chi connectivity index (χ0n) is 14.1. The number of rotatable bonds is 7. The van der Waals surface area contributed by atoms with E-state index in [1.807, 2.05) is 0 Å². The Morgan fingerprint density at radius 1 is 1.19 bits per heavy atom. The third-order valence-corrected chi connectivity index (χ3v) is 3.62. The Labute approximate surface area is 156 Å². The second-order valence-corrected chi connectivity index (χ2v) is 5.71. The number of carbonyl (C=O) groups is 2. The van der Waals surface area contributed by atoms with Crippen LogP contribution in [0.25, 0.3) is 6.08 Å². The lowest BCUT2D eigenvalue weighted by atomic mass is 10.2. The molecule has 7 heteroatoms. The lowest BCUT2D eigenvalue weighted by Gasteiger charge is -2.06. The summed E-state index contributed by atoms with van der Waals surface area (Å²) >= 11 is 5.79. The third kappa shape index (κ3) is 6.14. The highest BCUT2D eigenvalue weighted by Gasteiger charge is 2.06. The molecule has 0 bridgehead atoms. The van der Waals surface area contributed by atoms with Crippen molar-refractivity contribution in [3.05, 3.63) is 64.7 Å². The molecule has 0 aliphatic heterocycles. The number of nitrogens with one attached hydrogen (secondary N) is 1. The average Bonchev–Trinajstić information content (AvgIpc) is 2.65. The van der Waals surface area contributed by atoms with Gasteiger partial charge in [-0.2, -0.15) is 0 Å². The molecule has 0 radical (unpaired) electrons. The molecular formula is C19H18ClNO5. The average molecular weight is 376 g/mol. The summed E-state index contributed by atoms with van der Waals surface area (Å²) in [5.74, 6) is -0.765. The number of ether oxygens (including phenoxy) is 2. The van der Waals surface area contributed by atoms with Crippen molar-refractivity contribution in [2.45, 2.75) is 6.54 Å². The Balaban J connectivity index is 1.77. The quantitative estimate of drug-likeness (QED) is 0.574. The van der Waals surface area contributed by atoms with Gasteiger partial charge in [-0.25, -0.2) is 4.79 Å². The number of hydrogen-bond acceptors (Lipinski definition) is 5. The SMILES string of the molecule is COc1cc(C=CC(=O)OCC(=O)NCc2ccc(Cl)cc2)ccc1O. The minimum Gasteiger partial charge on any atom is -0.504 e. The van der Waals surface area contributed by atoms with E-state index in [4.69, 9.17) is 21.1 Å². The van der Waals surface area contributed by atoms with Crippen LogP contribution in [0.1, 0.15) is 11.1 Å². The van der Waals surface area contributed by atoms with Crippen molar-refractivity contribution in [1.82, 2.24) is 5.32 Å². The van der Waals surface area contributed by atoms with E-state index in [9.17, 15) is 14.7 Å². The van der Waals surface area contributed by atoms with E-state index in [0.29, 0.717) is 22.9 Å². The Morgan fingerprint density at radius 3 is 2.62 bits per heavy atom. The molecule has 0 aliphatic rings. The molecular weight excluding hydrogens is 358 g/mol. The molecule has 0 saturated carbocycles. The number of halogens is 1. The fraction of sp³-hybridized carbons (Fsp3) is 0.158. The molecule has 2 N–H and O–H groups in total. The van der Waals surface area contributed by atoms with E-state index in [2.05, 4.69) is 5.32 Å². The number of methoxy groups -OCH3 is 1. The predicted molar refractivity (Wildman–Crippen MR) is 98.0 cm³/mol. The number of aromatic hydroxyl groups is 1. The molecule has 2 aromatic carbocycles. The standard InChI is InChI=1S/C19H18ClNO5/c1-25-17-10-13(4-8-16(17)22)5-9-19(24)26-12-18(23)21-11-14-2-6-15(20)7-3-14/h2-10,22H,11-12H2,1H3,(H,21,23). The fourth-order valence-electron chi connectivity index (χ4n) is 2.00. The number of carbonyl (C=O) groups excluding carboxylic acids is 2. The number of amides is 1. The van der Waals surface area contributed by atoms with Gasteiger partial charge in [0.15, 0.2) is 18.1 Å². The molecule has 0 saturated heterocycles. The number of phenolic OH excluding ortho intramolecular Hbond substituents is 1. The first-order chi connectivity index (χ1) is 12.5. The smallest absolute Gasteiger partial charge is 0.331 e. The van der Waals surface area contributed by atoms with E-state index < -0.39 is 11.9 Å². The number of phenols is 1. The van der Waals surface area contributed by atoms with Crippen molar-refractivity contribution >= 4 is 29.6 Å². The van der Waals surface area contributed by atoms with Crippen molar-refractivity contribution in [1.29, 1.82) is 0 Å². The van der Waals surface area contributed by atoms with Crippen LogP contribution in [0.3, 0.4) is 0 Å². The van der Waals surface area contributed by atoms with Crippen LogP contribution < -0.4 is 10.1 Å². The lowest BCUT2D eigenvalue weighted by Crippen LogP contribution is -2.28. The van der Waals surface area contributed by atoms with Gasteiger partial charge in [-0.15, -0.1) is 0 Å². The highest BCUT2D eigenvalue weighted by Crippen LogP contribution is 2.26. The molecule has 0 aliphatic carbocycles. The molecule has 6 nitrogen and oxygen atoms in total. The Bertz CT molecular complexity index is 802. The lowest BCUT2D eigenvalue weighted by molar-refractivity contribution is -0.143. The zero-order chi connectivity index (χ0) is 18.9. The van der Waals surface area contributed by atoms with Crippen molar-refractivity contribution in [2.24, 2.45) is 0 Å². The van der Waals surface area contributed by atoms with Gasteiger partial charge in [-0.1, -0.05) is 29.8 Å². The monoisotopic (exact) mass is 375 g/mol. The highest BCUT2D eigenvalue weighted by molar-refractivity contribution is 6.30. The van der Waals surface area contributed by atoms with Gasteiger partial charge >= 0.3 is 5.97 Å². The minimum atomic E-state index is -0.654. The minimum absolute atomic E-state index is 0.00425. The summed E-state index contributed by atoms with van der Waals surface area (Å²) < 4.78 is 9.85. The summed E-state index contributed by atoms with van der Waals surface area (Å²) in [5, 5.41) is 12.8. The molecule has 0 heterocycles. The van der Waals surface area contributed by atoms with E-state index in [0.717, 1.165) is 5.56 Å². The third-order valence-electron chi connectivity index (χ3n) is 3.36. The van der Waals surface area contributed by atoms with Crippen molar-refractivity contribution < 1.29 is 24.2 Å². The second-order valence-electron chi connectivity index (χ2n) is 5.28. The van der Waals surface area contributed by atoms with Crippen LogP contribution >= 0.6 is 11.6 Å². The summed E-state index contributed by atoms with van der Waals surface area (Å²) in [7, 11) is 1.43. The van der Waals surface area contributed by atoms with Crippen LogP contribution in [0, 0.1) is 0 Å². The van der Waals surface area contributed by atoms with Crippen LogP contribution in [0.4, 0.5) is 0 Å². The van der Waals surface area contributed by atoms with Gasteiger partial charge in [0.05, 0.1) is 7.11 Å². The van der Waals surface area contributed by atoms with Crippen LogP contribution in [0.2, 0.25) is 5.02 Å². The molecule has 0 spiro atoms. The molecule has 0 aromatic heterocycles. The van der Waals surface area contributed by atoms with Crippen LogP contribution in [-0.2, 0) is 20.9 Å². The summed E-state index contributed by atoms with van der Waals surface area (Å²) in [6.45, 7) is -0.0631. The number of esters is 1. The topological polar surface area (TPSA) is 84.9 Å². The van der Waals surface area contributed by atoms with Gasteiger partial charge in [0.25, 0.3) is 5.91 Å². The maximum Gasteiger partial charge on any atom is 0.331 e. The predicted octanol–water partition coefficient (Wildman–Crippen LogP) is 2.93. The van der Waals surface area contributed by atoms with Gasteiger partial charge in [-0.05, 0) is 41.5 Å². The summed E-state index contributed by atoms with van der Waals surface area (Å²) in [6, 6.07) is 11.7. The molecule has 2 aromatic rings. The number of hydrogen-bond donors (Lipinski definition) is 2. The first-order valence-corrected chi connectivity index (χ1v) is 8.08. The Morgan fingerprint density at radius 2 is 1.92 bits per heavy atom. The summed E-state index contributed by atoms with van der Waals surface area (Å²) in [4.78, 5) is 23.4. The molecule has 1 amide bonds. The van der Waals surface area contributed by atoms with Gasteiger partial charge < -0.3 is 19.9 Å². The van der Waals surface area contributed by atoms with E-state index in [1.165, 1.54) is 25.3 Å². The first-order valence-electron chi connectivity index (χ1n) is 7.71. The molecule has 26 heavy (non-hydrogen) atoms. The first kappa shape index (κ1) is 19.3. The molecule has 0 fully saturated rings. The second kappa shape index (κ2) is 9.48. The van der Waals surface area contributed by atoms with E-state index >= 15 is 0 Å². The van der Waals surface area contributed by atoms with E-state index in [-0.39, 0.29) is 12.4 Å². The summed E-state index contributed by atoms with van der Waals surface area (Å²) in [6.07, 6.45) is 2.69. The molecule has 0 unspecified atom stereocenters. The van der Waals surface area contributed by atoms with Gasteiger partial charge in [-0.3, -0.25) is 4.79 Å². The Hall–Kier alpha value is -2.99. The van der Waals surface area contributed by atoms with Crippen LogP contribution in [-0.4, -0.2) is 30.7 Å². The van der Waals surface area contributed by atoms with Crippen LogP contribution in [0.15, 0.2) is 48.5 Å². The van der Waals surface area contributed by atoms with Gasteiger partial charge in [0.2, 0.25) is 0 Å². The van der Waals surface area contributed by atoms with Crippen LogP contribution in [0.5, 0.6) is 11.5 Å². The Kier molecular flexibility index (Phi) is 7.05. The highest BCUT2D eigenvalue weighted by atomic mass is 35.5. The maximum absolute atomic E-state index is 11.7. The van der Waals surface area contributed by atoms with Crippen molar-refractivity contribution in [3.8, 4) is 11.5 Å². The van der Waals surface area contributed by atoms with Crippen molar-refractivity contribution in [2.75, 3.05) is 13.7 Å². The molecule has 2 rings (SSSR count). The van der Waals surface area contributed by atoms with Gasteiger partial charge in [0, 0.05) is 17.6 Å². The van der Waals surface area contributed by atoms with Crippen molar-refractivity contribution in [3.63, 3.8) is 0 Å². The largest absolute Gasteiger partial charge is 0.504 e. The van der Waals surface area contributed by atoms with Gasteiger partial charge in [0.1, 0.15) is 0 Å². The fourth-order valence-corrected chi connectivity index (χ4v) is 2.13. The number of benzene rings is 2. The molecule has 136 valence electrons. The zero-order valence-corrected chi connectivity index (χ0v) is 14.8. The normalized spacial score (nSPS) is 10.5. The molecule has 0 atom stereocenters.